The lowest BCUT2D eigenvalue weighted by atomic mass is 10.2. The van der Waals surface area contributed by atoms with E-state index in [1.165, 1.54) is 12.1 Å². The third kappa shape index (κ3) is 4.41. The summed E-state index contributed by atoms with van der Waals surface area (Å²) < 4.78 is 26.1. The van der Waals surface area contributed by atoms with Crippen molar-refractivity contribution in [2.24, 2.45) is 5.92 Å². The molecule has 1 rings (SSSR count). The summed E-state index contributed by atoms with van der Waals surface area (Å²) in [7, 11) is 0. The minimum Gasteiger partial charge on any atom is -0.355 e. The zero-order chi connectivity index (χ0) is 13.5. The second-order valence-electron chi connectivity index (χ2n) is 4.34. The van der Waals surface area contributed by atoms with Gasteiger partial charge in [0.05, 0.1) is 0 Å². The smallest absolute Gasteiger partial charge is 0.222 e. The minimum absolute atomic E-state index is 0.0197. The zero-order valence-corrected chi connectivity index (χ0v) is 10.6. The van der Waals surface area contributed by atoms with E-state index in [2.05, 4.69) is 10.6 Å². The number of amides is 1. The Labute approximate surface area is 106 Å². The van der Waals surface area contributed by atoms with E-state index >= 15 is 0 Å². The summed E-state index contributed by atoms with van der Waals surface area (Å²) in [5.41, 5.74) is 0.283. The lowest BCUT2D eigenvalue weighted by molar-refractivity contribution is -0.123. The quantitative estimate of drug-likeness (QED) is 0.762. The van der Waals surface area contributed by atoms with E-state index in [0.717, 1.165) is 6.07 Å². The van der Waals surface area contributed by atoms with Crippen LogP contribution < -0.4 is 10.6 Å². The van der Waals surface area contributed by atoms with Crippen molar-refractivity contribution in [3.05, 3.63) is 35.4 Å². The van der Waals surface area contributed by atoms with Crippen LogP contribution in [0.2, 0.25) is 0 Å². The lowest BCUT2D eigenvalue weighted by Gasteiger charge is -2.09. The van der Waals surface area contributed by atoms with Crippen molar-refractivity contribution >= 4 is 5.91 Å². The normalized spacial score (nSPS) is 10.7. The second kappa shape index (κ2) is 7.06. The fourth-order valence-corrected chi connectivity index (χ4v) is 1.39. The maximum Gasteiger partial charge on any atom is 0.222 e. The number of carbonyl (C=O) groups excluding carboxylic acids is 1. The number of carbonyl (C=O) groups is 1. The Morgan fingerprint density at radius 2 is 2.00 bits per heavy atom. The summed E-state index contributed by atoms with van der Waals surface area (Å²) in [5.74, 6) is -1.74. The molecule has 0 aromatic heterocycles. The van der Waals surface area contributed by atoms with Crippen LogP contribution in [0.15, 0.2) is 18.2 Å². The van der Waals surface area contributed by atoms with Crippen LogP contribution in [0, 0.1) is 17.6 Å². The van der Waals surface area contributed by atoms with Gasteiger partial charge in [0.2, 0.25) is 5.91 Å². The summed E-state index contributed by atoms with van der Waals surface area (Å²) in [6, 6.07) is 4.08. The van der Waals surface area contributed by atoms with E-state index in [1.54, 1.807) is 0 Å². The molecule has 0 aliphatic carbocycles. The third-order valence-electron chi connectivity index (χ3n) is 2.47. The minimum atomic E-state index is -0.845. The van der Waals surface area contributed by atoms with Crippen molar-refractivity contribution in [3.63, 3.8) is 0 Å². The molecule has 1 aromatic rings. The molecule has 0 bridgehead atoms. The average Bonchev–Trinajstić information content (AvgIpc) is 2.33. The molecule has 0 fully saturated rings. The van der Waals surface area contributed by atoms with Crippen molar-refractivity contribution in [2.75, 3.05) is 13.1 Å². The Morgan fingerprint density at radius 1 is 1.28 bits per heavy atom. The van der Waals surface area contributed by atoms with Crippen LogP contribution in [0.5, 0.6) is 0 Å². The Hall–Kier alpha value is -1.49. The fourth-order valence-electron chi connectivity index (χ4n) is 1.39. The summed E-state index contributed by atoms with van der Waals surface area (Å²) in [6.07, 6.45) is 0. The highest BCUT2D eigenvalue weighted by Crippen LogP contribution is 2.10. The molecule has 0 atom stereocenters. The topological polar surface area (TPSA) is 41.1 Å². The molecular formula is C13H18F2N2O. The van der Waals surface area contributed by atoms with E-state index in [1.807, 2.05) is 13.8 Å². The molecule has 1 aromatic carbocycles. The van der Waals surface area contributed by atoms with Gasteiger partial charge in [-0.15, -0.1) is 0 Å². The van der Waals surface area contributed by atoms with Crippen molar-refractivity contribution in [3.8, 4) is 0 Å². The number of hydrogen-bond acceptors (Lipinski definition) is 2. The van der Waals surface area contributed by atoms with Gasteiger partial charge in [0.1, 0.15) is 0 Å². The first-order valence-corrected chi connectivity index (χ1v) is 5.93. The maximum atomic E-state index is 13.3. The number of rotatable bonds is 6. The van der Waals surface area contributed by atoms with Gasteiger partial charge in [0, 0.05) is 31.1 Å². The van der Waals surface area contributed by atoms with Crippen LogP contribution >= 0.6 is 0 Å². The summed E-state index contributed by atoms with van der Waals surface area (Å²) in [6.45, 7) is 4.83. The van der Waals surface area contributed by atoms with Crippen molar-refractivity contribution in [2.45, 2.75) is 20.4 Å². The lowest BCUT2D eigenvalue weighted by Crippen LogP contribution is -2.34. The molecule has 1 amide bonds. The predicted octanol–water partition coefficient (Wildman–Crippen LogP) is 1.83. The SMILES string of the molecule is CC(C)C(=O)NCCNCc1cccc(F)c1F. The molecule has 2 N–H and O–H groups in total. The largest absolute Gasteiger partial charge is 0.355 e. The van der Waals surface area contributed by atoms with E-state index in [0.29, 0.717) is 13.1 Å². The monoisotopic (exact) mass is 256 g/mol. The van der Waals surface area contributed by atoms with Crippen LogP contribution in [-0.4, -0.2) is 19.0 Å². The van der Waals surface area contributed by atoms with Gasteiger partial charge in [-0.2, -0.15) is 0 Å². The molecule has 0 aliphatic heterocycles. The van der Waals surface area contributed by atoms with Gasteiger partial charge < -0.3 is 10.6 Å². The van der Waals surface area contributed by atoms with Gasteiger partial charge in [-0.1, -0.05) is 26.0 Å². The predicted molar refractivity (Wildman–Crippen MR) is 65.9 cm³/mol. The van der Waals surface area contributed by atoms with Gasteiger partial charge >= 0.3 is 0 Å². The molecule has 0 spiro atoms. The van der Waals surface area contributed by atoms with Gasteiger partial charge in [0.15, 0.2) is 11.6 Å². The van der Waals surface area contributed by atoms with E-state index in [4.69, 9.17) is 0 Å². The van der Waals surface area contributed by atoms with Crippen molar-refractivity contribution in [1.82, 2.24) is 10.6 Å². The standard InChI is InChI=1S/C13H18F2N2O/c1-9(2)13(18)17-7-6-16-8-10-4-3-5-11(14)12(10)15/h3-5,9,16H,6-8H2,1-2H3,(H,17,18). The number of hydrogen-bond donors (Lipinski definition) is 2. The highest BCUT2D eigenvalue weighted by molar-refractivity contribution is 5.77. The summed E-state index contributed by atoms with van der Waals surface area (Å²) in [5, 5.41) is 5.67. The zero-order valence-electron chi connectivity index (χ0n) is 10.6. The van der Waals surface area contributed by atoms with Crippen LogP contribution in [0.3, 0.4) is 0 Å². The molecule has 0 saturated carbocycles. The Kier molecular flexibility index (Phi) is 5.71. The molecule has 0 saturated heterocycles. The summed E-state index contributed by atoms with van der Waals surface area (Å²) in [4.78, 5) is 11.2. The van der Waals surface area contributed by atoms with Gasteiger partial charge in [0.25, 0.3) is 0 Å². The Bertz CT molecular complexity index is 408. The number of halogens is 2. The van der Waals surface area contributed by atoms with Crippen LogP contribution in [-0.2, 0) is 11.3 Å². The number of benzene rings is 1. The summed E-state index contributed by atoms with van der Waals surface area (Å²) >= 11 is 0. The third-order valence-corrected chi connectivity index (χ3v) is 2.47. The molecule has 18 heavy (non-hydrogen) atoms. The van der Waals surface area contributed by atoms with Crippen molar-refractivity contribution in [1.29, 1.82) is 0 Å². The highest BCUT2D eigenvalue weighted by atomic mass is 19.2. The van der Waals surface area contributed by atoms with E-state index in [-0.39, 0.29) is 23.9 Å². The molecule has 100 valence electrons. The van der Waals surface area contributed by atoms with Gasteiger partial charge in [-0.25, -0.2) is 8.78 Å². The van der Waals surface area contributed by atoms with Crippen LogP contribution in [0.1, 0.15) is 19.4 Å². The second-order valence-corrected chi connectivity index (χ2v) is 4.34. The average molecular weight is 256 g/mol. The highest BCUT2D eigenvalue weighted by Gasteiger charge is 2.07. The number of nitrogens with one attached hydrogen (secondary N) is 2. The fraction of sp³-hybridized carbons (Fsp3) is 0.462. The van der Waals surface area contributed by atoms with Crippen LogP contribution in [0.4, 0.5) is 8.78 Å². The first kappa shape index (κ1) is 14.6. The Morgan fingerprint density at radius 3 is 2.67 bits per heavy atom. The van der Waals surface area contributed by atoms with E-state index in [9.17, 15) is 13.6 Å². The van der Waals surface area contributed by atoms with Gasteiger partial charge in [-0.05, 0) is 6.07 Å². The Balaban J connectivity index is 2.26. The molecule has 3 nitrogen and oxygen atoms in total. The first-order valence-electron chi connectivity index (χ1n) is 5.93. The molecule has 0 radical (unpaired) electrons. The molecule has 0 unspecified atom stereocenters. The van der Waals surface area contributed by atoms with E-state index < -0.39 is 11.6 Å². The van der Waals surface area contributed by atoms with Crippen molar-refractivity contribution < 1.29 is 13.6 Å². The van der Waals surface area contributed by atoms with Gasteiger partial charge in [-0.3, -0.25) is 4.79 Å². The maximum absolute atomic E-state index is 13.3. The molecule has 0 aliphatic rings. The van der Waals surface area contributed by atoms with Crippen LogP contribution in [0.25, 0.3) is 0 Å². The molecular weight excluding hydrogens is 238 g/mol. The first-order chi connectivity index (χ1) is 8.52. The molecule has 5 heteroatoms. The molecule has 0 heterocycles.